The summed E-state index contributed by atoms with van der Waals surface area (Å²) in [4.78, 5) is 29.3. The fourth-order valence-corrected chi connectivity index (χ4v) is 3.96. The highest BCUT2D eigenvalue weighted by atomic mass is 32.2. The standard InChI is InChI=1S/C22H19N3O5S/c1-28-19-10-6-4-7-15(19)18-11-14(30-24-18)13-31-22-23-17-9-5-3-8-16(17)21(27)25(22)12-20(26)29-2/h3-11H,12-13H2,1-2H3. The van der Waals surface area contributed by atoms with E-state index in [2.05, 4.69) is 10.1 Å². The number of thioether (sulfide) groups is 1. The van der Waals surface area contributed by atoms with E-state index in [0.717, 1.165) is 5.56 Å². The van der Waals surface area contributed by atoms with Gasteiger partial charge in [0, 0.05) is 11.6 Å². The monoisotopic (exact) mass is 437 g/mol. The highest BCUT2D eigenvalue weighted by Gasteiger charge is 2.17. The minimum Gasteiger partial charge on any atom is -0.496 e. The molecular weight excluding hydrogens is 418 g/mol. The number of fused-ring (bicyclic) bond motifs is 1. The molecule has 0 aliphatic heterocycles. The first-order valence-electron chi connectivity index (χ1n) is 9.39. The van der Waals surface area contributed by atoms with Crippen LogP contribution in [0.4, 0.5) is 0 Å². The summed E-state index contributed by atoms with van der Waals surface area (Å²) in [6.07, 6.45) is 0. The molecule has 158 valence electrons. The number of hydrogen-bond donors (Lipinski definition) is 0. The third kappa shape index (κ3) is 4.31. The zero-order chi connectivity index (χ0) is 21.8. The van der Waals surface area contributed by atoms with Crippen LogP contribution in [0.5, 0.6) is 5.75 Å². The molecule has 0 aliphatic carbocycles. The number of benzene rings is 2. The maximum absolute atomic E-state index is 12.9. The Morgan fingerprint density at radius 2 is 1.90 bits per heavy atom. The fraction of sp³-hybridized carbons (Fsp3) is 0.182. The van der Waals surface area contributed by atoms with Gasteiger partial charge in [0.1, 0.15) is 23.7 Å². The minimum absolute atomic E-state index is 0.224. The first-order valence-corrected chi connectivity index (χ1v) is 10.4. The Balaban J connectivity index is 1.63. The summed E-state index contributed by atoms with van der Waals surface area (Å²) in [5.41, 5.74) is 1.72. The number of aromatic nitrogens is 3. The number of ether oxygens (including phenoxy) is 2. The number of esters is 1. The lowest BCUT2D eigenvalue weighted by Gasteiger charge is -2.11. The number of carbonyl (C=O) groups excluding carboxylic acids is 1. The van der Waals surface area contributed by atoms with Crippen LogP contribution in [-0.2, 0) is 21.8 Å². The maximum atomic E-state index is 12.9. The van der Waals surface area contributed by atoms with E-state index in [1.165, 1.54) is 23.4 Å². The number of hydrogen-bond acceptors (Lipinski definition) is 8. The van der Waals surface area contributed by atoms with Gasteiger partial charge in [0.05, 0.1) is 30.9 Å². The van der Waals surface area contributed by atoms with E-state index in [1.807, 2.05) is 36.4 Å². The zero-order valence-corrected chi connectivity index (χ0v) is 17.7. The van der Waals surface area contributed by atoms with Crippen LogP contribution in [0.2, 0.25) is 0 Å². The molecule has 0 bridgehead atoms. The van der Waals surface area contributed by atoms with Gasteiger partial charge in [-0.2, -0.15) is 0 Å². The molecule has 4 aromatic rings. The molecule has 0 atom stereocenters. The van der Waals surface area contributed by atoms with Gasteiger partial charge in [-0.15, -0.1) is 0 Å². The van der Waals surface area contributed by atoms with Gasteiger partial charge < -0.3 is 14.0 Å². The molecular formula is C22H19N3O5S. The Bertz CT molecular complexity index is 1300. The average molecular weight is 437 g/mol. The molecule has 0 spiro atoms. The van der Waals surface area contributed by atoms with Crippen molar-refractivity contribution < 1.29 is 18.8 Å². The van der Waals surface area contributed by atoms with Crippen molar-refractivity contribution in [1.29, 1.82) is 0 Å². The second-order valence-electron chi connectivity index (χ2n) is 6.55. The number of methoxy groups -OCH3 is 2. The van der Waals surface area contributed by atoms with Crippen molar-refractivity contribution in [3.63, 3.8) is 0 Å². The van der Waals surface area contributed by atoms with Crippen molar-refractivity contribution >= 4 is 28.6 Å². The van der Waals surface area contributed by atoms with Crippen LogP contribution in [-0.4, -0.2) is 34.9 Å². The molecule has 0 unspecified atom stereocenters. The fourth-order valence-electron chi connectivity index (χ4n) is 3.09. The molecule has 31 heavy (non-hydrogen) atoms. The lowest BCUT2D eigenvalue weighted by Crippen LogP contribution is -2.27. The molecule has 0 saturated carbocycles. The normalized spacial score (nSPS) is 10.9. The smallest absolute Gasteiger partial charge is 0.325 e. The molecule has 0 radical (unpaired) electrons. The van der Waals surface area contributed by atoms with Crippen molar-refractivity contribution in [1.82, 2.24) is 14.7 Å². The van der Waals surface area contributed by atoms with E-state index < -0.39 is 5.97 Å². The largest absolute Gasteiger partial charge is 0.496 e. The summed E-state index contributed by atoms with van der Waals surface area (Å²) in [7, 11) is 2.88. The lowest BCUT2D eigenvalue weighted by atomic mass is 10.1. The van der Waals surface area contributed by atoms with Gasteiger partial charge in [-0.1, -0.05) is 41.2 Å². The Hall–Kier alpha value is -3.59. The van der Waals surface area contributed by atoms with Crippen molar-refractivity contribution in [2.24, 2.45) is 0 Å². The summed E-state index contributed by atoms with van der Waals surface area (Å²) in [6.45, 7) is -0.224. The number of carbonyl (C=O) groups is 1. The molecule has 0 aliphatic rings. The van der Waals surface area contributed by atoms with Crippen LogP contribution in [0, 0.1) is 0 Å². The average Bonchev–Trinajstić information content (AvgIpc) is 3.28. The van der Waals surface area contributed by atoms with E-state index in [1.54, 1.807) is 25.3 Å². The molecule has 9 heteroatoms. The van der Waals surface area contributed by atoms with E-state index in [4.69, 9.17) is 14.0 Å². The van der Waals surface area contributed by atoms with E-state index in [-0.39, 0.29) is 12.1 Å². The molecule has 0 N–H and O–H groups in total. The van der Waals surface area contributed by atoms with E-state index in [0.29, 0.717) is 39.0 Å². The Labute approximate surface area is 181 Å². The summed E-state index contributed by atoms with van der Waals surface area (Å²) in [5.74, 6) is 1.13. The van der Waals surface area contributed by atoms with Gasteiger partial charge in [-0.05, 0) is 24.3 Å². The predicted molar refractivity (Wildman–Crippen MR) is 116 cm³/mol. The molecule has 0 amide bonds. The Morgan fingerprint density at radius 1 is 1.13 bits per heavy atom. The van der Waals surface area contributed by atoms with Crippen molar-refractivity contribution in [2.45, 2.75) is 17.5 Å². The lowest BCUT2D eigenvalue weighted by molar-refractivity contribution is -0.141. The van der Waals surface area contributed by atoms with Gasteiger partial charge in [0.2, 0.25) is 0 Å². The van der Waals surface area contributed by atoms with Crippen LogP contribution in [0.3, 0.4) is 0 Å². The SMILES string of the molecule is COC(=O)Cn1c(SCc2cc(-c3ccccc3OC)no2)nc2ccccc2c1=O. The highest BCUT2D eigenvalue weighted by Crippen LogP contribution is 2.30. The van der Waals surface area contributed by atoms with E-state index >= 15 is 0 Å². The number of nitrogens with zero attached hydrogens (tertiary/aromatic N) is 3. The maximum Gasteiger partial charge on any atom is 0.325 e. The van der Waals surface area contributed by atoms with Gasteiger partial charge in [-0.3, -0.25) is 14.2 Å². The molecule has 0 fully saturated rings. The van der Waals surface area contributed by atoms with Crippen LogP contribution < -0.4 is 10.3 Å². The van der Waals surface area contributed by atoms with Gasteiger partial charge in [0.15, 0.2) is 5.16 Å². The number of rotatable bonds is 7. The molecule has 8 nitrogen and oxygen atoms in total. The summed E-state index contributed by atoms with van der Waals surface area (Å²) in [5, 5.41) is 4.96. The topological polar surface area (TPSA) is 96.5 Å². The van der Waals surface area contributed by atoms with Gasteiger partial charge in [-0.25, -0.2) is 4.98 Å². The molecule has 2 aromatic carbocycles. The quantitative estimate of drug-likeness (QED) is 0.246. The van der Waals surface area contributed by atoms with Crippen LogP contribution in [0.15, 0.2) is 69.1 Å². The summed E-state index contributed by atoms with van der Waals surface area (Å²) >= 11 is 1.28. The second kappa shape index (κ2) is 9.05. The summed E-state index contributed by atoms with van der Waals surface area (Å²) in [6, 6.07) is 16.3. The van der Waals surface area contributed by atoms with Crippen molar-refractivity contribution in [3.8, 4) is 17.0 Å². The first kappa shape index (κ1) is 20.7. The van der Waals surface area contributed by atoms with Crippen LogP contribution in [0.1, 0.15) is 5.76 Å². The molecule has 0 saturated heterocycles. The minimum atomic E-state index is -0.529. The van der Waals surface area contributed by atoms with E-state index in [9.17, 15) is 9.59 Å². The van der Waals surface area contributed by atoms with Crippen molar-refractivity contribution in [2.75, 3.05) is 14.2 Å². The van der Waals surface area contributed by atoms with Crippen LogP contribution >= 0.6 is 11.8 Å². The molecule has 2 aromatic heterocycles. The van der Waals surface area contributed by atoms with Gasteiger partial charge in [0.25, 0.3) is 5.56 Å². The molecule has 4 rings (SSSR count). The second-order valence-corrected chi connectivity index (χ2v) is 7.49. The summed E-state index contributed by atoms with van der Waals surface area (Å²) < 4.78 is 16.9. The van der Waals surface area contributed by atoms with Crippen LogP contribution in [0.25, 0.3) is 22.2 Å². The Kier molecular flexibility index (Phi) is 6.03. The van der Waals surface area contributed by atoms with Crippen molar-refractivity contribution in [3.05, 3.63) is 70.7 Å². The highest BCUT2D eigenvalue weighted by molar-refractivity contribution is 7.98. The Morgan fingerprint density at radius 3 is 2.71 bits per heavy atom. The first-order chi connectivity index (χ1) is 15.1. The molecule has 2 heterocycles. The third-order valence-electron chi connectivity index (χ3n) is 4.63. The predicted octanol–water partition coefficient (Wildman–Crippen LogP) is 3.53. The number of para-hydroxylation sites is 2. The third-order valence-corrected chi connectivity index (χ3v) is 5.63. The zero-order valence-electron chi connectivity index (χ0n) is 16.9. The van der Waals surface area contributed by atoms with Gasteiger partial charge >= 0.3 is 5.97 Å².